The summed E-state index contributed by atoms with van der Waals surface area (Å²) in [5.41, 5.74) is 10.3. The molecule has 88 valence electrons. The van der Waals surface area contributed by atoms with Gasteiger partial charge >= 0.3 is 0 Å². The number of carbonyl (C=O) groups excluding carboxylic acids is 2. The Labute approximate surface area is 89.3 Å². The Morgan fingerprint density at radius 1 is 1.47 bits per heavy atom. The van der Waals surface area contributed by atoms with Gasteiger partial charge in [0.05, 0.1) is 12.5 Å². The van der Waals surface area contributed by atoms with Gasteiger partial charge in [0, 0.05) is 26.6 Å². The van der Waals surface area contributed by atoms with E-state index in [1.54, 1.807) is 0 Å². The van der Waals surface area contributed by atoms with E-state index < -0.39 is 0 Å². The maximum Gasteiger partial charge on any atom is 0.222 e. The molecule has 0 spiro atoms. The molecule has 0 aromatic rings. The summed E-state index contributed by atoms with van der Waals surface area (Å²) in [5, 5.41) is 2.65. The number of primary amides is 1. The van der Waals surface area contributed by atoms with Gasteiger partial charge in [-0.15, -0.1) is 0 Å². The standard InChI is InChI=1S/C9H19N3O3/c1-15-7(6-10)5-9(14)12-4-2-3-8(11)13/h7H,2-6,10H2,1H3,(H2,11,13)(H,12,14). The van der Waals surface area contributed by atoms with Crippen LogP contribution in [0.2, 0.25) is 0 Å². The summed E-state index contributed by atoms with van der Waals surface area (Å²) < 4.78 is 4.95. The van der Waals surface area contributed by atoms with E-state index >= 15 is 0 Å². The summed E-state index contributed by atoms with van der Waals surface area (Å²) >= 11 is 0. The maximum atomic E-state index is 11.3. The minimum absolute atomic E-state index is 0.128. The monoisotopic (exact) mass is 217 g/mol. The molecular formula is C9H19N3O3. The molecule has 0 fully saturated rings. The number of hydrogen-bond donors (Lipinski definition) is 3. The topological polar surface area (TPSA) is 107 Å². The van der Waals surface area contributed by atoms with Crippen molar-refractivity contribution in [2.45, 2.75) is 25.4 Å². The normalized spacial score (nSPS) is 12.1. The summed E-state index contributed by atoms with van der Waals surface area (Å²) in [5.74, 6) is -0.488. The van der Waals surface area contributed by atoms with Crippen LogP contribution in [0.3, 0.4) is 0 Å². The predicted octanol–water partition coefficient (Wildman–Crippen LogP) is -1.27. The minimum atomic E-state index is -0.360. The molecule has 15 heavy (non-hydrogen) atoms. The average molecular weight is 217 g/mol. The second-order valence-corrected chi connectivity index (χ2v) is 3.22. The number of rotatable bonds is 8. The van der Waals surface area contributed by atoms with Crippen molar-refractivity contribution >= 4 is 11.8 Å². The molecule has 0 radical (unpaired) electrons. The first-order valence-corrected chi connectivity index (χ1v) is 4.88. The van der Waals surface area contributed by atoms with Crippen LogP contribution in [0.1, 0.15) is 19.3 Å². The Bertz CT molecular complexity index is 205. The van der Waals surface area contributed by atoms with Gasteiger partial charge in [-0.3, -0.25) is 9.59 Å². The highest BCUT2D eigenvalue weighted by molar-refractivity contribution is 5.76. The minimum Gasteiger partial charge on any atom is -0.380 e. The lowest BCUT2D eigenvalue weighted by atomic mass is 10.2. The van der Waals surface area contributed by atoms with Crippen molar-refractivity contribution < 1.29 is 14.3 Å². The highest BCUT2D eigenvalue weighted by Crippen LogP contribution is 1.94. The van der Waals surface area contributed by atoms with Crippen molar-refractivity contribution in [3.8, 4) is 0 Å². The summed E-state index contributed by atoms with van der Waals surface area (Å²) in [4.78, 5) is 21.6. The Balaban J connectivity index is 3.52. The SMILES string of the molecule is COC(CN)CC(=O)NCCCC(N)=O. The van der Waals surface area contributed by atoms with Crippen molar-refractivity contribution in [3.63, 3.8) is 0 Å². The van der Waals surface area contributed by atoms with Gasteiger partial charge < -0.3 is 21.5 Å². The highest BCUT2D eigenvalue weighted by Gasteiger charge is 2.10. The summed E-state index contributed by atoms with van der Waals surface area (Å²) in [6.07, 6.45) is 0.830. The van der Waals surface area contributed by atoms with Crippen LogP contribution in [0, 0.1) is 0 Å². The zero-order valence-corrected chi connectivity index (χ0v) is 8.99. The molecule has 0 bridgehead atoms. The molecule has 0 saturated heterocycles. The molecule has 0 rings (SSSR count). The highest BCUT2D eigenvalue weighted by atomic mass is 16.5. The largest absolute Gasteiger partial charge is 0.380 e. The summed E-state index contributed by atoms with van der Waals surface area (Å²) in [7, 11) is 1.51. The van der Waals surface area contributed by atoms with Crippen LogP contribution >= 0.6 is 0 Å². The fraction of sp³-hybridized carbons (Fsp3) is 0.778. The van der Waals surface area contributed by atoms with E-state index in [2.05, 4.69) is 5.32 Å². The molecule has 0 aromatic carbocycles. The number of ether oxygens (including phenoxy) is 1. The van der Waals surface area contributed by atoms with Crippen LogP contribution in [-0.2, 0) is 14.3 Å². The summed E-state index contributed by atoms with van der Waals surface area (Å²) in [6.45, 7) is 0.758. The number of methoxy groups -OCH3 is 1. The van der Waals surface area contributed by atoms with E-state index in [0.29, 0.717) is 19.5 Å². The first-order chi connectivity index (χ1) is 7.10. The van der Waals surface area contributed by atoms with Gasteiger partial charge in [0.2, 0.25) is 11.8 Å². The molecule has 6 heteroatoms. The maximum absolute atomic E-state index is 11.3. The third-order valence-electron chi connectivity index (χ3n) is 1.93. The van der Waals surface area contributed by atoms with Crippen LogP contribution in [0.5, 0.6) is 0 Å². The third kappa shape index (κ3) is 7.90. The van der Waals surface area contributed by atoms with Crippen molar-refractivity contribution in [1.82, 2.24) is 5.32 Å². The van der Waals surface area contributed by atoms with Crippen molar-refractivity contribution in [2.24, 2.45) is 11.5 Å². The number of nitrogens with two attached hydrogens (primary N) is 2. The van der Waals surface area contributed by atoms with E-state index in [0.717, 1.165) is 0 Å². The van der Waals surface area contributed by atoms with Crippen molar-refractivity contribution in [3.05, 3.63) is 0 Å². The fourth-order valence-corrected chi connectivity index (χ4v) is 1.03. The second kappa shape index (κ2) is 8.19. The van der Waals surface area contributed by atoms with Crippen LogP contribution in [0.25, 0.3) is 0 Å². The molecule has 0 aliphatic rings. The van der Waals surface area contributed by atoms with Crippen LogP contribution in [0.4, 0.5) is 0 Å². The van der Waals surface area contributed by atoms with Gasteiger partial charge in [-0.1, -0.05) is 0 Å². The molecule has 0 aliphatic heterocycles. The van der Waals surface area contributed by atoms with Crippen LogP contribution in [-0.4, -0.2) is 38.1 Å². The second-order valence-electron chi connectivity index (χ2n) is 3.22. The molecule has 5 N–H and O–H groups in total. The van der Waals surface area contributed by atoms with Crippen molar-refractivity contribution in [1.29, 1.82) is 0 Å². The zero-order valence-electron chi connectivity index (χ0n) is 8.99. The Hall–Kier alpha value is -1.14. The van der Waals surface area contributed by atoms with E-state index in [1.807, 2.05) is 0 Å². The lowest BCUT2D eigenvalue weighted by Crippen LogP contribution is -2.32. The molecule has 1 atom stereocenters. The van der Waals surface area contributed by atoms with Gasteiger partial charge in [0.15, 0.2) is 0 Å². The van der Waals surface area contributed by atoms with Gasteiger partial charge in [-0.25, -0.2) is 0 Å². The molecule has 0 aliphatic carbocycles. The van der Waals surface area contributed by atoms with E-state index in [9.17, 15) is 9.59 Å². The Morgan fingerprint density at radius 3 is 2.60 bits per heavy atom. The summed E-state index contributed by atoms with van der Waals surface area (Å²) in [6, 6.07) is 0. The molecule has 0 heterocycles. The van der Waals surface area contributed by atoms with Gasteiger partial charge in [-0.05, 0) is 6.42 Å². The van der Waals surface area contributed by atoms with E-state index in [1.165, 1.54) is 7.11 Å². The molecular weight excluding hydrogens is 198 g/mol. The van der Waals surface area contributed by atoms with Gasteiger partial charge in [0.25, 0.3) is 0 Å². The lowest BCUT2D eigenvalue weighted by Gasteiger charge is -2.12. The fourth-order valence-electron chi connectivity index (χ4n) is 1.03. The average Bonchev–Trinajstić information content (AvgIpc) is 2.20. The van der Waals surface area contributed by atoms with Crippen LogP contribution in [0.15, 0.2) is 0 Å². The number of carbonyl (C=O) groups is 2. The number of hydrogen-bond acceptors (Lipinski definition) is 4. The third-order valence-corrected chi connectivity index (χ3v) is 1.93. The molecule has 0 saturated carbocycles. The predicted molar refractivity (Wildman–Crippen MR) is 55.9 cm³/mol. The zero-order chi connectivity index (χ0) is 11.7. The van der Waals surface area contributed by atoms with Crippen molar-refractivity contribution in [2.75, 3.05) is 20.2 Å². The quantitative estimate of drug-likeness (QED) is 0.441. The molecule has 6 nitrogen and oxygen atoms in total. The first-order valence-electron chi connectivity index (χ1n) is 4.88. The van der Waals surface area contributed by atoms with Crippen LogP contribution < -0.4 is 16.8 Å². The molecule has 0 aromatic heterocycles. The molecule has 1 unspecified atom stereocenters. The smallest absolute Gasteiger partial charge is 0.222 e. The Morgan fingerprint density at radius 2 is 2.13 bits per heavy atom. The number of amides is 2. The van der Waals surface area contributed by atoms with E-state index in [4.69, 9.17) is 16.2 Å². The lowest BCUT2D eigenvalue weighted by molar-refractivity contribution is -0.123. The first kappa shape index (κ1) is 13.9. The Kier molecular flexibility index (Phi) is 7.57. The van der Waals surface area contributed by atoms with Gasteiger partial charge in [0.1, 0.15) is 0 Å². The molecule has 2 amide bonds. The van der Waals surface area contributed by atoms with Gasteiger partial charge in [-0.2, -0.15) is 0 Å². The number of nitrogens with one attached hydrogen (secondary N) is 1. The van der Waals surface area contributed by atoms with E-state index in [-0.39, 0.29) is 30.8 Å².